The molecular weight excluding hydrogens is 316 g/mol. The number of hydrogen-bond acceptors (Lipinski definition) is 5. The number of likely N-dealkylation sites (tertiary alicyclic amines) is 1. The molecule has 1 N–H and O–H groups in total. The standard InChI is InChI=1S/C19H26N4O2/c1-11(2)18-17(13(4)25-22-18)19(24)23-7-6-14(10-23)16-9-15(20-5)8-12(3)21-16/h8-9,11,14H,6-7,10H2,1-5H3,(H,20,21)/t14-/m1/s1. The molecule has 1 saturated heterocycles. The van der Waals surface area contributed by atoms with Gasteiger partial charge < -0.3 is 14.7 Å². The summed E-state index contributed by atoms with van der Waals surface area (Å²) in [5.41, 5.74) is 4.47. The number of nitrogens with one attached hydrogen (secondary N) is 1. The number of rotatable bonds is 4. The van der Waals surface area contributed by atoms with E-state index in [1.54, 1.807) is 6.92 Å². The molecule has 1 aliphatic heterocycles. The maximum absolute atomic E-state index is 13.0. The van der Waals surface area contributed by atoms with Gasteiger partial charge in [-0.1, -0.05) is 19.0 Å². The first kappa shape index (κ1) is 17.5. The van der Waals surface area contributed by atoms with Gasteiger partial charge in [0.05, 0.1) is 5.69 Å². The Morgan fingerprint density at radius 3 is 2.80 bits per heavy atom. The van der Waals surface area contributed by atoms with E-state index in [1.807, 2.05) is 38.8 Å². The Kier molecular flexibility index (Phi) is 4.79. The predicted molar refractivity (Wildman–Crippen MR) is 97.1 cm³/mol. The lowest BCUT2D eigenvalue weighted by Gasteiger charge is -2.17. The number of aryl methyl sites for hydroxylation is 2. The molecule has 25 heavy (non-hydrogen) atoms. The molecule has 0 spiro atoms. The fourth-order valence-corrected chi connectivity index (χ4v) is 3.44. The first-order valence-corrected chi connectivity index (χ1v) is 8.82. The highest BCUT2D eigenvalue weighted by Gasteiger charge is 2.33. The van der Waals surface area contributed by atoms with E-state index in [-0.39, 0.29) is 17.7 Å². The third-order valence-electron chi connectivity index (χ3n) is 4.81. The second-order valence-corrected chi connectivity index (χ2v) is 7.06. The largest absolute Gasteiger partial charge is 0.388 e. The third kappa shape index (κ3) is 3.38. The molecule has 0 radical (unpaired) electrons. The number of carbonyl (C=O) groups is 1. The Labute approximate surface area is 148 Å². The van der Waals surface area contributed by atoms with Crippen molar-refractivity contribution in [2.45, 2.75) is 46.0 Å². The van der Waals surface area contributed by atoms with Crippen molar-refractivity contribution in [3.63, 3.8) is 0 Å². The summed E-state index contributed by atoms with van der Waals surface area (Å²) in [6, 6.07) is 4.10. The van der Waals surface area contributed by atoms with Crippen molar-refractivity contribution in [2.24, 2.45) is 0 Å². The maximum Gasteiger partial charge on any atom is 0.259 e. The summed E-state index contributed by atoms with van der Waals surface area (Å²) < 4.78 is 5.28. The van der Waals surface area contributed by atoms with E-state index in [1.165, 1.54) is 0 Å². The van der Waals surface area contributed by atoms with E-state index in [0.29, 0.717) is 17.9 Å². The first-order valence-electron chi connectivity index (χ1n) is 8.82. The Hall–Kier alpha value is -2.37. The van der Waals surface area contributed by atoms with Crippen molar-refractivity contribution in [2.75, 3.05) is 25.5 Å². The fraction of sp³-hybridized carbons (Fsp3) is 0.526. The lowest BCUT2D eigenvalue weighted by atomic mass is 10.0. The summed E-state index contributed by atoms with van der Waals surface area (Å²) >= 11 is 0. The van der Waals surface area contributed by atoms with E-state index in [2.05, 4.69) is 21.5 Å². The highest BCUT2D eigenvalue weighted by atomic mass is 16.5. The minimum Gasteiger partial charge on any atom is -0.388 e. The molecule has 1 amide bonds. The average molecular weight is 342 g/mol. The van der Waals surface area contributed by atoms with Gasteiger partial charge in [-0.05, 0) is 38.3 Å². The van der Waals surface area contributed by atoms with Gasteiger partial charge in [-0.15, -0.1) is 0 Å². The van der Waals surface area contributed by atoms with Crippen LogP contribution < -0.4 is 5.32 Å². The maximum atomic E-state index is 13.0. The van der Waals surface area contributed by atoms with Crippen LogP contribution in [-0.2, 0) is 0 Å². The Morgan fingerprint density at radius 1 is 1.36 bits per heavy atom. The number of nitrogens with zero attached hydrogens (tertiary/aromatic N) is 3. The topological polar surface area (TPSA) is 71.3 Å². The molecule has 0 aliphatic carbocycles. The Bertz CT molecular complexity index is 782. The number of aromatic nitrogens is 2. The molecule has 2 aromatic rings. The molecule has 0 bridgehead atoms. The van der Waals surface area contributed by atoms with E-state index < -0.39 is 0 Å². The average Bonchev–Trinajstić information content (AvgIpc) is 3.20. The van der Waals surface area contributed by atoms with Crippen LogP contribution in [0, 0.1) is 13.8 Å². The molecular formula is C19H26N4O2. The van der Waals surface area contributed by atoms with Gasteiger partial charge in [0.25, 0.3) is 5.91 Å². The van der Waals surface area contributed by atoms with Crippen LogP contribution in [0.3, 0.4) is 0 Å². The summed E-state index contributed by atoms with van der Waals surface area (Å²) in [5, 5.41) is 7.25. The molecule has 6 heteroatoms. The van der Waals surface area contributed by atoms with Crippen LogP contribution in [0.1, 0.15) is 65.3 Å². The SMILES string of the molecule is CNc1cc(C)nc([C@@H]2CCN(C(=O)c3c(C(C)C)noc3C)C2)c1. The molecule has 134 valence electrons. The van der Waals surface area contributed by atoms with Crippen molar-refractivity contribution >= 4 is 11.6 Å². The lowest BCUT2D eigenvalue weighted by molar-refractivity contribution is 0.0787. The van der Waals surface area contributed by atoms with Gasteiger partial charge in [0.15, 0.2) is 0 Å². The highest BCUT2D eigenvalue weighted by molar-refractivity contribution is 5.96. The predicted octanol–water partition coefficient (Wildman–Crippen LogP) is 3.48. The molecule has 1 aliphatic rings. The number of carbonyl (C=O) groups excluding carboxylic acids is 1. The van der Waals surface area contributed by atoms with Gasteiger partial charge in [-0.25, -0.2) is 0 Å². The molecule has 0 aromatic carbocycles. The van der Waals surface area contributed by atoms with E-state index in [0.717, 1.165) is 35.7 Å². The zero-order valence-corrected chi connectivity index (χ0v) is 15.6. The van der Waals surface area contributed by atoms with Gasteiger partial charge in [0.1, 0.15) is 11.3 Å². The van der Waals surface area contributed by atoms with Crippen molar-refractivity contribution in [1.29, 1.82) is 0 Å². The molecule has 0 saturated carbocycles. The quantitative estimate of drug-likeness (QED) is 0.921. The summed E-state index contributed by atoms with van der Waals surface area (Å²) in [4.78, 5) is 19.6. The van der Waals surface area contributed by atoms with Crippen LogP contribution >= 0.6 is 0 Å². The second kappa shape index (κ2) is 6.86. The van der Waals surface area contributed by atoms with Crippen LogP contribution in [0.5, 0.6) is 0 Å². The minimum atomic E-state index is 0.0199. The summed E-state index contributed by atoms with van der Waals surface area (Å²) in [6.45, 7) is 9.27. The van der Waals surface area contributed by atoms with Crippen molar-refractivity contribution in [3.05, 3.63) is 40.5 Å². The zero-order valence-electron chi connectivity index (χ0n) is 15.6. The van der Waals surface area contributed by atoms with Crippen molar-refractivity contribution in [1.82, 2.24) is 15.0 Å². The first-order chi connectivity index (χ1) is 11.9. The van der Waals surface area contributed by atoms with Gasteiger partial charge >= 0.3 is 0 Å². The van der Waals surface area contributed by atoms with Crippen molar-refractivity contribution < 1.29 is 9.32 Å². The second-order valence-electron chi connectivity index (χ2n) is 7.06. The van der Waals surface area contributed by atoms with Crippen LogP contribution in [-0.4, -0.2) is 41.1 Å². The summed E-state index contributed by atoms with van der Waals surface area (Å²) in [6.07, 6.45) is 0.923. The van der Waals surface area contributed by atoms with Crippen LogP contribution in [0.25, 0.3) is 0 Å². The molecule has 0 unspecified atom stereocenters. The fourth-order valence-electron chi connectivity index (χ4n) is 3.44. The Morgan fingerprint density at radius 2 is 2.12 bits per heavy atom. The molecule has 3 rings (SSSR count). The van der Waals surface area contributed by atoms with Gasteiger partial charge in [0, 0.05) is 43.1 Å². The summed E-state index contributed by atoms with van der Waals surface area (Å²) in [5.74, 6) is 1.04. The molecule has 1 atom stereocenters. The normalized spacial score (nSPS) is 17.4. The molecule has 3 heterocycles. The number of amides is 1. The zero-order chi connectivity index (χ0) is 18.1. The number of anilines is 1. The molecule has 2 aromatic heterocycles. The molecule has 6 nitrogen and oxygen atoms in total. The summed E-state index contributed by atoms with van der Waals surface area (Å²) in [7, 11) is 1.91. The lowest BCUT2D eigenvalue weighted by Crippen LogP contribution is -2.29. The minimum absolute atomic E-state index is 0.0199. The molecule has 1 fully saturated rings. The van der Waals surface area contributed by atoms with Crippen molar-refractivity contribution in [3.8, 4) is 0 Å². The van der Waals surface area contributed by atoms with E-state index >= 15 is 0 Å². The number of pyridine rings is 1. The number of hydrogen-bond donors (Lipinski definition) is 1. The monoisotopic (exact) mass is 342 g/mol. The van der Waals surface area contributed by atoms with Gasteiger partial charge in [-0.3, -0.25) is 9.78 Å². The smallest absolute Gasteiger partial charge is 0.259 e. The van der Waals surface area contributed by atoms with Gasteiger partial charge in [0.2, 0.25) is 0 Å². The van der Waals surface area contributed by atoms with E-state index in [4.69, 9.17) is 4.52 Å². The Balaban J connectivity index is 1.80. The van der Waals surface area contributed by atoms with Crippen LogP contribution in [0.2, 0.25) is 0 Å². The van der Waals surface area contributed by atoms with Crippen LogP contribution in [0.15, 0.2) is 16.7 Å². The van der Waals surface area contributed by atoms with E-state index in [9.17, 15) is 4.79 Å². The van der Waals surface area contributed by atoms with Gasteiger partial charge in [-0.2, -0.15) is 0 Å². The highest BCUT2D eigenvalue weighted by Crippen LogP contribution is 2.31. The third-order valence-corrected chi connectivity index (χ3v) is 4.81. The van der Waals surface area contributed by atoms with Crippen LogP contribution in [0.4, 0.5) is 5.69 Å².